The number of methoxy groups -OCH3 is 1. The molecule has 0 aliphatic carbocycles. The Morgan fingerprint density at radius 3 is 2.84 bits per heavy atom. The monoisotopic (exact) mass is 338 g/mol. The molecule has 0 spiro atoms. The standard InChI is InChI=1S/C9H11N5.C8H7NO2/c1-2-4-14(3-1)9-7-8(11-5-10-7)12-6-13-9;1-10-6-3-2-4-7-8(6)9-5-11-7/h5-6H,1-4H2,(H,10,11,12,13);2-5H,1H3. The molecular formula is C17H18N6O2. The highest BCUT2D eigenvalue weighted by molar-refractivity contribution is 5.82. The van der Waals surface area contributed by atoms with Gasteiger partial charge in [0.1, 0.15) is 17.6 Å². The molecule has 0 atom stereocenters. The molecule has 1 aliphatic rings. The summed E-state index contributed by atoms with van der Waals surface area (Å²) in [5.41, 5.74) is 3.23. The van der Waals surface area contributed by atoms with Crippen molar-refractivity contribution in [1.29, 1.82) is 0 Å². The van der Waals surface area contributed by atoms with Crippen molar-refractivity contribution in [2.45, 2.75) is 12.8 Å². The number of imidazole rings is 1. The SMILES string of the molecule is COc1cccc2ocnc12.c1nc(N2CCCC2)c2[nH]cnc2n1. The molecule has 0 unspecified atom stereocenters. The molecule has 1 fully saturated rings. The molecule has 0 amide bonds. The number of rotatable bonds is 2. The maximum atomic E-state index is 5.07. The molecular weight excluding hydrogens is 320 g/mol. The fourth-order valence-corrected chi connectivity index (χ4v) is 2.95. The van der Waals surface area contributed by atoms with Gasteiger partial charge in [0, 0.05) is 13.1 Å². The Kier molecular flexibility index (Phi) is 4.16. The molecule has 4 heterocycles. The molecule has 5 rings (SSSR count). The van der Waals surface area contributed by atoms with Gasteiger partial charge < -0.3 is 19.0 Å². The third kappa shape index (κ3) is 2.98. The lowest BCUT2D eigenvalue weighted by molar-refractivity contribution is 0.419. The Balaban J connectivity index is 0.000000129. The van der Waals surface area contributed by atoms with Gasteiger partial charge in [-0.25, -0.2) is 19.9 Å². The molecule has 8 nitrogen and oxygen atoms in total. The fraction of sp³-hybridized carbons (Fsp3) is 0.294. The molecule has 1 N–H and O–H groups in total. The normalized spacial score (nSPS) is 13.9. The first-order valence-corrected chi connectivity index (χ1v) is 8.12. The van der Waals surface area contributed by atoms with Crippen LogP contribution in [-0.2, 0) is 0 Å². The van der Waals surface area contributed by atoms with Crippen LogP contribution in [-0.4, -0.2) is 45.1 Å². The van der Waals surface area contributed by atoms with Gasteiger partial charge >= 0.3 is 0 Å². The van der Waals surface area contributed by atoms with Gasteiger partial charge in [0.15, 0.2) is 29.0 Å². The molecule has 1 aliphatic heterocycles. The minimum Gasteiger partial charge on any atom is -0.494 e. The number of aromatic nitrogens is 5. The summed E-state index contributed by atoms with van der Waals surface area (Å²) in [7, 11) is 1.61. The second kappa shape index (κ2) is 6.76. The van der Waals surface area contributed by atoms with E-state index < -0.39 is 0 Å². The number of aromatic amines is 1. The van der Waals surface area contributed by atoms with Gasteiger partial charge in [0.25, 0.3) is 0 Å². The number of para-hydroxylation sites is 1. The molecule has 8 heteroatoms. The quantitative estimate of drug-likeness (QED) is 0.600. The van der Waals surface area contributed by atoms with E-state index in [4.69, 9.17) is 9.15 Å². The number of anilines is 1. The average molecular weight is 338 g/mol. The van der Waals surface area contributed by atoms with Crippen molar-refractivity contribution in [1.82, 2.24) is 24.9 Å². The number of hydrogen-bond donors (Lipinski definition) is 1. The molecule has 1 aromatic carbocycles. The van der Waals surface area contributed by atoms with E-state index in [0.717, 1.165) is 46.9 Å². The predicted octanol–water partition coefficient (Wildman–Crippen LogP) is 2.79. The molecule has 4 aromatic rings. The Morgan fingerprint density at radius 2 is 2.00 bits per heavy atom. The third-order valence-corrected chi connectivity index (χ3v) is 4.15. The first-order chi connectivity index (χ1) is 12.4. The number of H-pyrrole nitrogens is 1. The topological polar surface area (TPSA) is 93.0 Å². The highest BCUT2D eigenvalue weighted by Gasteiger charge is 2.17. The summed E-state index contributed by atoms with van der Waals surface area (Å²) < 4.78 is 10.1. The van der Waals surface area contributed by atoms with Gasteiger partial charge in [0.2, 0.25) is 0 Å². The van der Waals surface area contributed by atoms with E-state index in [0.29, 0.717) is 0 Å². The van der Waals surface area contributed by atoms with E-state index in [1.54, 1.807) is 19.8 Å². The van der Waals surface area contributed by atoms with Crippen LogP contribution in [0.25, 0.3) is 22.3 Å². The van der Waals surface area contributed by atoms with Crippen LogP contribution in [0.5, 0.6) is 5.75 Å². The summed E-state index contributed by atoms with van der Waals surface area (Å²) >= 11 is 0. The lowest BCUT2D eigenvalue weighted by atomic mass is 10.3. The number of hydrogen-bond acceptors (Lipinski definition) is 7. The van der Waals surface area contributed by atoms with E-state index in [2.05, 4.69) is 29.8 Å². The van der Waals surface area contributed by atoms with Gasteiger partial charge in [-0.15, -0.1) is 0 Å². The van der Waals surface area contributed by atoms with Gasteiger partial charge in [0.05, 0.1) is 13.4 Å². The molecule has 25 heavy (non-hydrogen) atoms. The van der Waals surface area contributed by atoms with Crippen molar-refractivity contribution in [3.8, 4) is 5.75 Å². The second-order valence-corrected chi connectivity index (χ2v) is 5.65. The maximum absolute atomic E-state index is 5.07. The van der Waals surface area contributed by atoms with Crippen molar-refractivity contribution in [2.24, 2.45) is 0 Å². The summed E-state index contributed by atoms with van der Waals surface area (Å²) in [6.45, 7) is 2.18. The van der Waals surface area contributed by atoms with E-state index in [9.17, 15) is 0 Å². The number of nitrogens with one attached hydrogen (secondary N) is 1. The first kappa shape index (κ1) is 15.4. The van der Waals surface area contributed by atoms with Crippen LogP contribution in [0.2, 0.25) is 0 Å². The van der Waals surface area contributed by atoms with Gasteiger partial charge in [-0.3, -0.25) is 0 Å². The lowest BCUT2D eigenvalue weighted by Gasteiger charge is -2.15. The Morgan fingerprint density at radius 1 is 1.12 bits per heavy atom. The number of nitrogens with zero attached hydrogens (tertiary/aromatic N) is 5. The molecule has 0 saturated carbocycles. The maximum Gasteiger partial charge on any atom is 0.182 e. The number of benzene rings is 1. The van der Waals surface area contributed by atoms with E-state index >= 15 is 0 Å². The van der Waals surface area contributed by atoms with Crippen LogP contribution >= 0.6 is 0 Å². The van der Waals surface area contributed by atoms with Gasteiger partial charge in [-0.1, -0.05) is 6.07 Å². The summed E-state index contributed by atoms with van der Waals surface area (Å²) in [5, 5.41) is 0. The third-order valence-electron chi connectivity index (χ3n) is 4.15. The van der Waals surface area contributed by atoms with Crippen molar-refractivity contribution in [3.05, 3.63) is 37.2 Å². The van der Waals surface area contributed by atoms with Crippen LogP contribution in [0.15, 0.2) is 41.7 Å². The minimum atomic E-state index is 0.747. The fourth-order valence-electron chi connectivity index (χ4n) is 2.95. The Hall–Kier alpha value is -3.16. The van der Waals surface area contributed by atoms with Crippen molar-refractivity contribution in [3.63, 3.8) is 0 Å². The zero-order chi connectivity index (χ0) is 17.1. The summed E-state index contributed by atoms with van der Waals surface area (Å²) in [6.07, 6.45) is 7.15. The van der Waals surface area contributed by atoms with Crippen LogP contribution in [0.3, 0.4) is 0 Å². The number of ether oxygens (including phenoxy) is 1. The zero-order valence-corrected chi connectivity index (χ0v) is 13.8. The second-order valence-electron chi connectivity index (χ2n) is 5.65. The molecule has 128 valence electrons. The summed E-state index contributed by atoms with van der Waals surface area (Å²) in [6, 6.07) is 5.57. The van der Waals surface area contributed by atoms with Crippen LogP contribution < -0.4 is 9.64 Å². The van der Waals surface area contributed by atoms with Gasteiger partial charge in [-0.05, 0) is 25.0 Å². The van der Waals surface area contributed by atoms with E-state index in [1.807, 2.05) is 18.2 Å². The van der Waals surface area contributed by atoms with Crippen LogP contribution in [0.1, 0.15) is 12.8 Å². The van der Waals surface area contributed by atoms with Crippen LogP contribution in [0.4, 0.5) is 5.82 Å². The molecule has 1 saturated heterocycles. The smallest absolute Gasteiger partial charge is 0.182 e. The largest absolute Gasteiger partial charge is 0.494 e. The average Bonchev–Trinajstić information content (AvgIpc) is 3.42. The predicted molar refractivity (Wildman–Crippen MR) is 93.7 cm³/mol. The van der Waals surface area contributed by atoms with Crippen molar-refractivity contribution >= 4 is 28.1 Å². The molecule has 0 bridgehead atoms. The minimum absolute atomic E-state index is 0.747. The molecule has 3 aromatic heterocycles. The zero-order valence-electron chi connectivity index (χ0n) is 13.8. The first-order valence-electron chi connectivity index (χ1n) is 8.12. The van der Waals surface area contributed by atoms with Gasteiger partial charge in [-0.2, -0.15) is 0 Å². The van der Waals surface area contributed by atoms with E-state index in [1.165, 1.54) is 19.2 Å². The Labute approximate surface area is 143 Å². The summed E-state index contributed by atoms with van der Waals surface area (Å²) in [5.74, 6) is 1.74. The van der Waals surface area contributed by atoms with E-state index in [-0.39, 0.29) is 0 Å². The number of fused-ring (bicyclic) bond motifs is 2. The highest BCUT2D eigenvalue weighted by Crippen LogP contribution is 2.23. The van der Waals surface area contributed by atoms with Crippen molar-refractivity contribution in [2.75, 3.05) is 25.1 Å². The molecule has 0 radical (unpaired) electrons. The number of oxazole rings is 1. The highest BCUT2D eigenvalue weighted by atomic mass is 16.5. The Bertz CT molecular complexity index is 973. The van der Waals surface area contributed by atoms with Crippen molar-refractivity contribution < 1.29 is 9.15 Å². The lowest BCUT2D eigenvalue weighted by Crippen LogP contribution is -2.19. The van der Waals surface area contributed by atoms with Crippen LogP contribution in [0, 0.1) is 0 Å². The summed E-state index contributed by atoms with van der Waals surface area (Å²) in [4.78, 5) is 21.9.